The SMILES string of the molecule is O=C(COc1ccc(SCc2ccc(Cl)c(Cl)c2)cc1)c1nc2ccccc2o1. The zero-order valence-corrected chi connectivity index (χ0v) is 17.4. The van der Waals surface area contributed by atoms with Gasteiger partial charge in [-0.25, -0.2) is 4.98 Å². The number of hydrogen-bond acceptors (Lipinski definition) is 5. The topological polar surface area (TPSA) is 52.3 Å². The van der Waals surface area contributed by atoms with Crippen molar-refractivity contribution in [2.24, 2.45) is 0 Å². The number of rotatable bonds is 7. The number of ether oxygens (including phenoxy) is 1. The largest absolute Gasteiger partial charge is 0.485 e. The summed E-state index contributed by atoms with van der Waals surface area (Å²) in [6, 6.07) is 20.4. The molecule has 146 valence electrons. The van der Waals surface area contributed by atoms with E-state index >= 15 is 0 Å². The van der Waals surface area contributed by atoms with Crippen LogP contribution in [0.2, 0.25) is 10.0 Å². The third kappa shape index (κ3) is 4.93. The lowest BCUT2D eigenvalue weighted by Crippen LogP contribution is -2.11. The van der Waals surface area contributed by atoms with Crippen molar-refractivity contribution in [2.45, 2.75) is 10.6 Å². The van der Waals surface area contributed by atoms with E-state index in [0.717, 1.165) is 16.2 Å². The van der Waals surface area contributed by atoms with Crippen LogP contribution < -0.4 is 4.74 Å². The van der Waals surface area contributed by atoms with Crippen molar-refractivity contribution in [1.82, 2.24) is 4.98 Å². The molecule has 0 bridgehead atoms. The number of oxazole rings is 1. The number of carbonyl (C=O) groups is 1. The van der Waals surface area contributed by atoms with Crippen LogP contribution in [0.3, 0.4) is 0 Å². The summed E-state index contributed by atoms with van der Waals surface area (Å²) in [4.78, 5) is 17.5. The molecule has 0 aliphatic carbocycles. The Bertz CT molecular complexity index is 1130. The minimum Gasteiger partial charge on any atom is -0.485 e. The molecule has 0 spiro atoms. The Kier molecular flexibility index (Phi) is 6.09. The highest BCUT2D eigenvalue weighted by atomic mass is 35.5. The monoisotopic (exact) mass is 443 g/mol. The third-order valence-electron chi connectivity index (χ3n) is 4.12. The zero-order valence-electron chi connectivity index (χ0n) is 15.1. The zero-order chi connectivity index (χ0) is 20.2. The summed E-state index contributed by atoms with van der Waals surface area (Å²) in [5, 5.41) is 1.10. The van der Waals surface area contributed by atoms with Crippen molar-refractivity contribution in [3.05, 3.63) is 88.2 Å². The summed E-state index contributed by atoms with van der Waals surface area (Å²) in [5.74, 6) is 1.13. The molecule has 0 radical (unpaired) electrons. The van der Waals surface area contributed by atoms with Gasteiger partial charge in [0, 0.05) is 10.6 Å². The van der Waals surface area contributed by atoms with Gasteiger partial charge in [-0.15, -0.1) is 11.8 Å². The van der Waals surface area contributed by atoms with Gasteiger partial charge in [0.15, 0.2) is 12.2 Å². The lowest BCUT2D eigenvalue weighted by atomic mass is 10.2. The van der Waals surface area contributed by atoms with E-state index in [4.69, 9.17) is 32.4 Å². The fraction of sp³-hybridized carbons (Fsp3) is 0.0909. The first kappa shape index (κ1) is 19.8. The van der Waals surface area contributed by atoms with E-state index in [1.807, 2.05) is 48.5 Å². The Labute approximate surface area is 181 Å². The Hall–Kier alpha value is -2.47. The molecular weight excluding hydrogens is 429 g/mol. The lowest BCUT2D eigenvalue weighted by Gasteiger charge is -2.06. The Morgan fingerprint density at radius 1 is 1.00 bits per heavy atom. The molecule has 0 amide bonds. The molecule has 7 heteroatoms. The Morgan fingerprint density at radius 3 is 2.55 bits per heavy atom. The van der Waals surface area contributed by atoms with Crippen molar-refractivity contribution >= 4 is 51.8 Å². The van der Waals surface area contributed by atoms with E-state index in [2.05, 4.69) is 4.98 Å². The second-order valence-corrected chi connectivity index (χ2v) is 8.07. The number of ketones is 1. The predicted molar refractivity (Wildman–Crippen MR) is 116 cm³/mol. The van der Waals surface area contributed by atoms with Crippen molar-refractivity contribution in [1.29, 1.82) is 0 Å². The fourth-order valence-corrected chi connectivity index (χ4v) is 3.79. The molecule has 0 unspecified atom stereocenters. The van der Waals surface area contributed by atoms with Crippen LogP contribution in [0.25, 0.3) is 11.1 Å². The summed E-state index contributed by atoms with van der Waals surface area (Å²) >= 11 is 13.7. The summed E-state index contributed by atoms with van der Waals surface area (Å²) in [6.07, 6.45) is 0. The van der Waals surface area contributed by atoms with Gasteiger partial charge in [-0.05, 0) is 54.1 Å². The van der Waals surface area contributed by atoms with Crippen LogP contribution in [-0.2, 0) is 5.75 Å². The van der Waals surface area contributed by atoms with Gasteiger partial charge in [0.05, 0.1) is 10.0 Å². The Morgan fingerprint density at radius 2 is 1.79 bits per heavy atom. The summed E-state index contributed by atoms with van der Waals surface area (Å²) < 4.78 is 11.0. The molecule has 0 fully saturated rings. The number of nitrogens with zero attached hydrogens (tertiary/aromatic N) is 1. The van der Waals surface area contributed by atoms with E-state index in [9.17, 15) is 4.79 Å². The summed E-state index contributed by atoms with van der Waals surface area (Å²) in [7, 11) is 0. The summed E-state index contributed by atoms with van der Waals surface area (Å²) in [5.41, 5.74) is 2.33. The van der Waals surface area contributed by atoms with Gasteiger partial charge in [0.1, 0.15) is 11.3 Å². The van der Waals surface area contributed by atoms with Crippen LogP contribution in [0.15, 0.2) is 76.0 Å². The second kappa shape index (κ2) is 8.91. The Balaban J connectivity index is 1.31. The molecule has 4 aromatic rings. The maximum absolute atomic E-state index is 12.3. The molecule has 1 aromatic heterocycles. The molecule has 4 nitrogen and oxygen atoms in total. The van der Waals surface area contributed by atoms with Crippen molar-refractivity contribution < 1.29 is 13.9 Å². The molecule has 0 N–H and O–H groups in total. The number of thioether (sulfide) groups is 1. The van der Waals surface area contributed by atoms with Crippen LogP contribution >= 0.6 is 35.0 Å². The van der Waals surface area contributed by atoms with Gasteiger partial charge in [-0.3, -0.25) is 4.79 Å². The van der Waals surface area contributed by atoms with Crippen LogP contribution in [0, 0.1) is 0 Å². The van der Waals surface area contributed by atoms with Gasteiger partial charge < -0.3 is 9.15 Å². The minimum atomic E-state index is -0.306. The number of aromatic nitrogens is 1. The van der Waals surface area contributed by atoms with E-state index < -0.39 is 0 Å². The maximum atomic E-state index is 12.3. The quantitative estimate of drug-likeness (QED) is 0.235. The first-order chi connectivity index (χ1) is 14.1. The molecule has 0 aliphatic heterocycles. The second-order valence-electron chi connectivity index (χ2n) is 6.21. The maximum Gasteiger partial charge on any atom is 0.268 e. The number of hydrogen-bond donors (Lipinski definition) is 0. The highest BCUT2D eigenvalue weighted by Crippen LogP contribution is 2.28. The highest BCUT2D eigenvalue weighted by molar-refractivity contribution is 7.98. The first-order valence-electron chi connectivity index (χ1n) is 8.77. The standard InChI is InChI=1S/C22H15Cl2NO3S/c23-17-10-5-14(11-18(17)24)13-29-16-8-6-15(7-9-16)27-12-20(26)22-25-19-3-1-2-4-21(19)28-22/h1-11H,12-13H2. The number of para-hydroxylation sites is 2. The molecule has 4 rings (SSSR count). The van der Waals surface area contributed by atoms with E-state index in [1.165, 1.54) is 0 Å². The molecule has 1 heterocycles. The summed E-state index contributed by atoms with van der Waals surface area (Å²) in [6.45, 7) is -0.136. The van der Waals surface area contributed by atoms with Crippen molar-refractivity contribution in [2.75, 3.05) is 6.61 Å². The third-order valence-corrected chi connectivity index (χ3v) is 5.94. The lowest BCUT2D eigenvalue weighted by molar-refractivity contribution is 0.0889. The van der Waals surface area contributed by atoms with Gasteiger partial charge in [0.2, 0.25) is 0 Å². The molecule has 29 heavy (non-hydrogen) atoms. The number of fused-ring (bicyclic) bond motifs is 1. The molecule has 0 saturated carbocycles. The molecule has 0 atom stereocenters. The molecule has 0 saturated heterocycles. The van der Waals surface area contributed by atoms with Gasteiger partial charge in [-0.1, -0.05) is 41.4 Å². The highest BCUT2D eigenvalue weighted by Gasteiger charge is 2.15. The van der Waals surface area contributed by atoms with Crippen LogP contribution in [0.1, 0.15) is 16.2 Å². The normalized spacial score (nSPS) is 11.0. The van der Waals surface area contributed by atoms with E-state index in [-0.39, 0.29) is 18.3 Å². The van der Waals surface area contributed by atoms with Gasteiger partial charge >= 0.3 is 0 Å². The molecular formula is C22H15Cl2NO3S. The van der Waals surface area contributed by atoms with Crippen LogP contribution in [0.4, 0.5) is 0 Å². The number of carbonyl (C=O) groups excluding carboxylic acids is 1. The fourth-order valence-electron chi connectivity index (χ4n) is 2.63. The number of benzene rings is 3. The van der Waals surface area contributed by atoms with E-state index in [1.54, 1.807) is 30.0 Å². The average molecular weight is 444 g/mol. The van der Waals surface area contributed by atoms with Crippen molar-refractivity contribution in [3.8, 4) is 5.75 Å². The minimum absolute atomic E-state index is 0.0556. The van der Waals surface area contributed by atoms with Crippen LogP contribution in [0.5, 0.6) is 5.75 Å². The average Bonchev–Trinajstić information content (AvgIpc) is 3.18. The van der Waals surface area contributed by atoms with Gasteiger partial charge in [-0.2, -0.15) is 0 Å². The first-order valence-corrected chi connectivity index (χ1v) is 10.5. The van der Waals surface area contributed by atoms with E-state index in [0.29, 0.717) is 26.9 Å². The molecule has 3 aromatic carbocycles. The number of halogens is 2. The van der Waals surface area contributed by atoms with Crippen LogP contribution in [-0.4, -0.2) is 17.4 Å². The molecule has 0 aliphatic rings. The predicted octanol–water partition coefficient (Wildman–Crippen LogP) is 6.69. The van der Waals surface area contributed by atoms with Gasteiger partial charge in [0.25, 0.3) is 11.7 Å². The number of Topliss-reactive ketones (excluding diaryl/α,β-unsaturated/α-hetero) is 1. The smallest absolute Gasteiger partial charge is 0.268 e. The van der Waals surface area contributed by atoms with Crippen molar-refractivity contribution in [3.63, 3.8) is 0 Å².